The molecule has 0 aromatic heterocycles. The third-order valence-corrected chi connectivity index (χ3v) is 4.20. The molecule has 1 aromatic rings. The van der Waals surface area contributed by atoms with Gasteiger partial charge in [0.25, 0.3) is 0 Å². The summed E-state index contributed by atoms with van der Waals surface area (Å²) in [4.78, 5) is 12.0. The summed E-state index contributed by atoms with van der Waals surface area (Å²) < 4.78 is 38.8. The maximum absolute atomic E-state index is 12.9. The second kappa shape index (κ2) is 6.69. The van der Waals surface area contributed by atoms with Gasteiger partial charge in [0, 0.05) is 13.0 Å². The van der Waals surface area contributed by atoms with Crippen molar-refractivity contribution in [3.63, 3.8) is 0 Å². The van der Waals surface area contributed by atoms with Crippen LogP contribution in [0.15, 0.2) is 24.3 Å². The predicted octanol–water partition coefficient (Wildman–Crippen LogP) is 3.33. The molecule has 0 saturated heterocycles. The van der Waals surface area contributed by atoms with Gasteiger partial charge < -0.3 is 11.1 Å². The number of carbonyl (C=O) groups is 1. The number of nitrogens with two attached hydrogens (primary N) is 1. The van der Waals surface area contributed by atoms with Gasteiger partial charge in [0.05, 0.1) is 11.1 Å². The molecule has 0 aliphatic heterocycles. The highest BCUT2D eigenvalue weighted by Gasteiger charge is 2.37. The van der Waals surface area contributed by atoms with E-state index in [9.17, 15) is 18.0 Å². The third kappa shape index (κ3) is 3.80. The van der Waals surface area contributed by atoms with E-state index in [2.05, 4.69) is 5.32 Å². The van der Waals surface area contributed by atoms with Crippen LogP contribution in [-0.4, -0.2) is 12.5 Å². The van der Waals surface area contributed by atoms with E-state index in [1.807, 2.05) is 0 Å². The SMILES string of the molecule is NCCC(=O)NC1(c2cccc(C(F)(F)F)c2)CCCCC1. The molecule has 122 valence electrons. The van der Waals surface area contributed by atoms with Crippen molar-refractivity contribution >= 4 is 5.91 Å². The Morgan fingerprint density at radius 1 is 1.23 bits per heavy atom. The molecule has 0 atom stereocenters. The van der Waals surface area contributed by atoms with Gasteiger partial charge in [-0.15, -0.1) is 0 Å². The van der Waals surface area contributed by atoms with Crippen molar-refractivity contribution in [2.75, 3.05) is 6.54 Å². The number of nitrogens with one attached hydrogen (secondary N) is 1. The maximum Gasteiger partial charge on any atom is 0.416 e. The lowest BCUT2D eigenvalue weighted by atomic mass is 9.76. The molecule has 1 aliphatic rings. The van der Waals surface area contributed by atoms with Gasteiger partial charge in [-0.25, -0.2) is 0 Å². The van der Waals surface area contributed by atoms with Gasteiger partial charge in [0.1, 0.15) is 0 Å². The standard InChI is InChI=1S/C16H21F3N2O/c17-16(18,19)13-6-4-5-12(11-13)15(8-2-1-3-9-15)21-14(22)7-10-20/h4-6,11H,1-3,7-10,20H2,(H,21,22). The summed E-state index contributed by atoms with van der Waals surface area (Å²) in [5, 5.41) is 2.94. The zero-order chi connectivity index (χ0) is 16.2. The molecule has 1 saturated carbocycles. The Bertz CT molecular complexity index is 522. The summed E-state index contributed by atoms with van der Waals surface area (Å²) in [6.45, 7) is 0.227. The molecule has 3 nitrogen and oxygen atoms in total. The highest BCUT2D eigenvalue weighted by molar-refractivity contribution is 5.77. The number of halogens is 3. The van der Waals surface area contributed by atoms with E-state index in [1.165, 1.54) is 6.07 Å². The first-order valence-corrected chi connectivity index (χ1v) is 7.56. The zero-order valence-corrected chi connectivity index (χ0v) is 12.4. The summed E-state index contributed by atoms with van der Waals surface area (Å²) in [6.07, 6.45) is -0.0745. The first kappa shape index (κ1) is 16.8. The minimum absolute atomic E-state index is 0.181. The molecule has 1 fully saturated rings. The third-order valence-electron chi connectivity index (χ3n) is 4.20. The van der Waals surface area contributed by atoms with Gasteiger partial charge in [-0.05, 0) is 30.5 Å². The van der Waals surface area contributed by atoms with Crippen molar-refractivity contribution in [2.24, 2.45) is 5.73 Å². The quantitative estimate of drug-likeness (QED) is 0.895. The van der Waals surface area contributed by atoms with Crippen LogP contribution in [0.3, 0.4) is 0 Å². The van der Waals surface area contributed by atoms with Crippen LogP contribution in [0.5, 0.6) is 0 Å². The first-order valence-electron chi connectivity index (χ1n) is 7.56. The maximum atomic E-state index is 12.9. The Labute approximate surface area is 128 Å². The molecule has 1 aromatic carbocycles. The lowest BCUT2D eigenvalue weighted by molar-refractivity contribution is -0.137. The summed E-state index contributed by atoms with van der Waals surface area (Å²) in [7, 11) is 0. The molecule has 3 N–H and O–H groups in total. The zero-order valence-electron chi connectivity index (χ0n) is 12.4. The van der Waals surface area contributed by atoms with Crippen LogP contribution in [0, 0.1) is 0 Å². The van der Waals surface area contributed by atoms with Gasteiger partial charge >= 0.3 is 6.18 Å². The van der Waals surface area contributed by atoms with Crippen molar-refractivity contribution in [3.8, 4) is 0 Å². The van der Waals surface area contributed by atoms with E-state index in [-0.39, 0.29) is 18.9 Å². The van der Waals surface area contributed by atoms with E-state index in [1.54, 1.807) is 6.07 Å². The largest absolute Gasteiger partial charge is 0.416 e. The first-order chi connectivity index (χ1) is 10.4. The number of hydrogen-bond donors (Lipinski definition) is 2. The molecular weight excluding hydrogens is 293 g/mol. The molecule has 1 amide bonds. The summed E-state index contributed by atoms with van der Waals surface area (Å²) in [6, 6.07) is 5.29. The van der Waals surface area contributed by atoms with Crippen molar-refractivity contribution in [2.45, 2.75) is 50.2 Å². The van der Waals surface area contributed by atoms with Crippen LogP contribution in [0.1, 0.15) is 49.7 Å². The summed E-state index contributed by atoms with van der Waals surface area (Å²) in [5.74, 6) is -0.207. The molecular formula is C16H21F3N2O. The van der Waals surface area contributed by atoms with E-state index in [0.29, 0.717) is 18.4 Å². The molecule has 2 rings (SSSR count). The predicted molar refractivity (Wildman–Crippen MR) is 78.0 cm³/mol. The van der Waals surface area contributed by atoms with E-state index in [4.69, 9.17) is 5.73 Å². The lowest BCUT2D eigenvalue weighted by Crippen LogP contribution is -2.47. The fraction of sp³-hybridized carbons (Fsp3) is 0.562. The average molecular weight is 314 g/mol. The fourth-order valence-electron chi connectivity index (χ4n) is 3.09. The van der Waals surface area contributed by atoms with E-state index >= 15 is 0 Å². The van der Waals surface area contributed by atoms with E-state index in [0.717, 1.165) is 31.4 Å². The number of carbonyl (C=O) groups excluding carboxylic acids is 1. The number of rotatable bonds is 4. The molecule has 22 heavy (non-hydrogen) atoms. The Hall–Kier alpha value is -1.56. The Morgan fingerprint density at radius 2 is 1.91 bits per heavy atom. The number of hydrogen-bond acceptors (Lipinski definition) is 2. The molecule has 1 aliphatic carbocycles. The fourth-order valence-corrected chi connectivity index (χ4v) is 3.09. The van der Waals surface area contributed by atoms with Crippen LogP contribution in [0.25, 0.3) is 0 Å². The second-order valence-electron chi connectivity index (χ2n) is 5.81. The van der Waals surface area contributed by atoms with Crippen LogP contribution in [0.4, 0.5) is 13.2 Å². The van der Waals surface area contributed by atoms with Crippen molar-refractivity contribution in [3.05, 3.63) is 35.4 Å². The monoisotopic (exact) mass is 314 g/mol. The Kier molecular flexibility index (Phi) is 5.11. The average Bonchev–Trinajstić information content (AvgIpc) is 2.47. The number of benzene rings is 1. The van der Waals surface area contributed by atoms with Gasteiger partial charge in [-0.2, -0.15) is 13.2 Å². The topological polar surface area (TPSA) is 55.1 Å². The number of amides is 1. The van der Waals surface area contributed by atoms with Crippen LogP contribution < -0.4 is 11.1 Å². The van der Waals surface area contributed by atoms with E-state index < -0.39 is 17.3 Å². The van der Waals surface area contributed by atoms with Crippen LogP contribution in [0.2, 0.25) is 0 Å². The molecule has 0 radical (unpaired) electrons. The minimum atomic E-state index is -4.38. The molecule has 6 heteroatoms. The van der Waals surface area contributed by atoms with Crippen LogP contribution >= 0.6 is 0 Å². The van der Waals surface area contributed by atoms with Crippen molar-refractivity contribution < 1.29 is 18.0 Å². The van der Waals surface area contributed by atoms with Crippen molar-refractivity contribution in [1.82, 2.24) is 5.32 Å². The highest BCUT2D eigenvalue weighted by atomic mass is 19.4. The summed E-state index contributed by atoms with van der Waals surface area (Å²) in [5.41, 5.74) is 4.54. The normalized spacial score (nSPS) is 18.0. The van der Waals surface area contributed by atoms with Crippen molar-refractivity contribution in [1.29, 1.82) is 0 Å². The number of alkyl halides is 3. The minimum Gasteiger partial charge on any atom is -0.347 e. The Morgan fingerprint density at radius 3 is 2.50 bits per heavy atom. The Balaban J connectivity index is 2.35. The smallest absolute Gasteiger partial charge is 0.347 e. The molecule has 0 unspecified atom stereocenters. The molecule has 0 bridgehead atoms. The van der Waals surface area contributed by atoms with Gasteiger partial charge in [-0.1, -0.05) is 31.4 Å². The second-order valence-corrected chi connectivity index (χ2v) is 5.81. The molecule has 0 spiro atoms. The molecule has 0 heterocycles. The van der Waals surface area contributed by atoms with Crippen LogP contribution in [-0.2, 0) is 16.5 Å². The highest BCUT2D eigenvalue weighted by Crippen LogP contribution is 2.39. The van der Waals surface area contributed by atoms with Gasteiger partial charge in [0.2, 0.25) is 5.91 Å². The summed E-state index contributed by atoms with van der Waals surface area (Å²) >= 11 is 0. The van der Waals surface area contributed by atoms with Gasteiger partial charge in [0.15, 0.2) is 0 Å². The lowest BCUT2D eigenvalue weighted by Gasteiger charge is -2.39. The van der Waals surface area contributed by atoms with Gasteiger partial charge in [-0.3, -0.25) is 4.79 Å².